The van der Waals surface area contributed by atoms with E-state index in [9.17, 15) is 14.0 Å². The Balaban J connectivity index is 1.46. The Hall–Kier alpha value is -3.75. The van der Waals surface area contributed by atoms with Crippen LogP contribution in [0.4, 0.5) is 9.18 Å². The predicted octanol–water partition coefficient (Wildman–Crippen LogP) is 3.52. The number of hydrogen-bond donors (Lipinski definition) is 1. The molecule has 2 aromatic heterocycles. The third-order valence-electron chi connectivity index (χ3n) is 6.25. The molecule has 178 valence electrons. The summed E-state index contributed by atoms with van der Waals surface area (Å²) in [5.41, 5.74) is 3.46. The van der Waals surface area contributed by atoms with E-state index in [4.69, 9.17) is 10.2 Å². The van der Waals surface area contributed by atoms with Crippen LogP contribution in [0.25, 0.3) is 11.3 Å². The Morgan fingerprint density at radius 1 is 1.12 bits per heavy atom. The van der Waals surface area contributed by atoms with Crippen molar-refractivity contribution in [2.75, 3.05) is 26.7 Å². The summed E-state index contributed by atoms with van der Waals surface area (Å²) in [5.74, 6) is -0.0557. The molecule has 1 aliphatic rings. The van der Waals surface area contributed by atoms with Crippen LogP contribution in [0.1, 0.15) is 24.1 Å². The molecule has 0 aliphatic carbocycles. The molecule has 0 bridgehead atoms. The molecule has 3 heterocycles. The van der Waals surface area contributed by atoms with Gasteiger partial charge in [-0.3, -0.25) is 14.5 Å². The zero-order valence-electron chi connectivity index (χ0n) is 19.1. The monoisotopic (exact) mass is 465 g/mol. The van der Waals surface area contributed by atoms with Crippen molar-refractivity contribution < 1.29 is 19.1 Å². The largest absolute Gasteiger partial charge is 0.465 e. The van der Waals surface area contributed by atoms with Crippen molar-refractivity contribution in [3.05, 3.63) is 71.9 Å². The molecule has 34 heavy (non-hydrogen) atoms. The van der Waals surface area contributed by atoms with Crippen LogP contribution in [-0.2, 0) is 17.8 Å². The van der Waals surface area contributed by atoms with Gasteiger partial charge in [0, 0.05) is 56.8 Å². The van der Waals surface area contributed by atoms with Crippen molar-refractivity contribution in [2.45, 2.75) is 25.8 Å². The summed E-state index contributed by atoms with van der Waals surface area (Å²) in [4.78, 5) is 31.3. The number of carbonyl (C=O) groups is 2. The summed E-state index contributed by atoms with van der Waals surface area (Å²) >= 11 is 0. The third kappa shape index (κ3) is 5.78. The molecule has 1 fully saturated rings. The standard InChI is InChI=1S/C25H28FN5O3/c1-29(25(33)34)16-19-8-12-30(13-9-19)24(32)17-31-22(14-18-2-4-21(26)5-3-18)15-23(28-31)20-6-10-27-11-7-20/h2-7,10-11,15,19H,8-9,12-14,16-17H2,1H3,(H,33,34). The molecule has 1 aliphatic heterocycles. The maximum absolute atomic E-state index is 13.3. The molecule has 0 spiro atoms. The number of rotatable bonds is 7. The van der Waals surface area contributed by atoms with E-state index in [2.05, 4.69) is 4.98 Å². The van der Waals surface area contributed by atoms with Gasteiger partial charge in [0.1, 0.15) is 12.4 Å². The molecule has 4 rings (SSSR count). The van der Waals surface area contributed by atoms with Gasteiger partial charge < -0.3 is 14.9 Å². The average molecular weight is 466 g/mol. The Morgan fingerprint density at radius 3 is 2.44 bits per heavy atom. The maximum Gasteiger partial charge on any atom is 0.407 e. The molecule has 2 amide bonds. The van der Waals surface area contributed by atoms with Crippen LogP contribution in [0, 0.1) is 11.7 Å². The zero-order valence-corrected chi connectivity index (χ0v) is 19.1. The number of aromatic nitrogens is 3. The molecule has 9 heteroatoms. The van der Waals surface area contributed by atoms with E-state index in [1.807, 2.05) is 23.1 Å². The Bertz CT molecular complexity index is 1130. The third-order valence-corrected chi connectivity index (χ3v) is 6.25. The minimum atomic E-state index is -0.934. The Kier molecular flexibility index (Phi) is 7.20. The molecular weight excluding hydrogens is 437 g/mol. The normalized spacial score (nSPS) is 14.2. The Morgan fingerprint density at radius 2 is 1.79 bits per heavy atom. The molecule has 8 nitrogen and oxygen atoms in total. The van der Waals surface area contributed by atoms with Crippen molar-refractivity contribution in [3.8, 4) is 11.3 Å². The molecular formula is C25H28FN5O3. The number of amides is 2. The summed E-state index contributed by atoms with van der Waals surface area (Å²) in [7, 11) is 1.57. The summed E-state index contributed by atoms with van der Waals surface area (Å²) in [6.45, 7) is 1.79. The lowest BCUT2D eigenvalue weighted by atomic mass is 9.96. The van der Waals surface area contributed by atoms with Gasteiger partial charge in [-0.15, -0.1) is 0 Å². The van der Waals surface area contributed by atoms with Crippen LogP contribution in [0.3, 0.4) is 0 Å². The molecule has 3 aromatic rings. The van der Waals surface area contributed by atoms with E-state index in [1.54, 1.807) is 36.3 Å². The molecule has 0 unspecified atom stereocenters. The highest BCUT2D eigenvalue weighted by Crippen LogP contribution is 2.22. The second-order valence-electron chi connectivity index (χ2n) is 8.70. The number of carboxylic acid groups (broad SMARTS) is 1. The van der Waals surface area contributed by atoms with Gasteiger partial charge in [0.15, 0.2) is 0 Å². The lowest BCUT2D eigenvalue weighted by molar-refractivity contribution is -0.133. The zero-order chi connectivity index (χ0) is 24.1. The van der Waals surface area contributed by atoms with Crippen molar-refractivity contribution in [3.63, 3.8) is 0 Å². The van der Waals surface area contributed by atoms with Gasteiger partial charge in [0.2, 0.25) is 5.91 Å². The highest BCUT2D eigenvalue weighted by molar-refractivity contribution is 5.76. The molecule has 1 aromatic carbocycles. The van der Waals surface area contributed by atoms with Crippen LogP contribution < -0.4 is 0 Å². The van der Waals surface area contributed by atoms with E-state index in [1.165, 1.54) is 17.0 Å². The van der Waals surface area contributed by atoms with Gasteiger partial charge in [-0.25, -0.2) is 9.18 Å². The fraction of sp³-hybridized carbons (Fsp3) is 0.360. The first-order chi connectivity index (χ1) is 16.4. The summed E-state index contributed by atoms with van der Waals surface area (Å²) < 4.78 is 15.1. The van der Waals surface area contributed by atoms with Gasteiger partial charge in [-0.05, 0) is 54.7 Å². The highest BCUT2D eigenvalue weighted by Gasteiger charge is 2.25. The number of piperidine rings is 1. The number of hydrogen-bond acceptors (Lipinski definition) is 4. The van der Waals surface area contributed by atoms with Gasteiger partial charge in [0.25, 0.3) is 0 Å². The minimum Gasteiger partial charge on any atom is -0.465 e. The quantitative estimate of drug-likeness (QED) is 0.577. The van der Waals surface area contributed by atoms with Crippen molar-refractivity contribution >= 4 is 12.0 Å². The molecule has 0 atom stereocenters. The first kappa shape index (κ1) is 23.4. The molecule has 0 radical (unpaired) electrons. The molecule has 0 saturated carbocycles. The van der Waals surface area contributed by atoms with E-state index in [0.29, 0.717) is 26.1 Å². The van der Waals surface area contributed by atoms with Gasteiger partial charge in [-0.2, -0.15) is 5.10 Å². The number of nitrogens with zero attached hydrogens (tertiary/aromatic N) is 5. The first-order valence-electron chi connectivity index (χ1n) is 11.3. The lowest BCUT2D eigenvalue weighted by Gasteiger charge is -2.33. The SMILES string of the molecule is CN(CC1CCN(C(=O)Cn2nc(-c3ccncc3)cc2Cc2ccc(F)cc2)CC1)C(=O)O. The number of pyridine rings is 1. The second kappa shape index (κ2) is 10.5. The molecule has 1 saturated heterocycles. The van der Waals surface area contributed by atoms with Crippen LogP contribution in [-0.4, -0.2) is 68.4 Å². The molecule has 1 N–H and O–H groups in total. The van der Waals surface area contributed by atoms with E-state index >= 15 is 0 Å². The van der Waals surface area contributed by atoms with Crippen molar-refractivity contribution in [1.29, 1.82) is 0 Å². The summed E-state index contributed by atoms with van der Waals surface area (Å²) in [6.07, 6.45) is 4.53. The van der Waals surface area contributed by atoms with Crippen molar-refractivity contribution in [1.82, 2.24) is 24.6 Å². The highest BCUT2D eigenvalue weighted by atomic mass is 19.1. The van der Waals surface area contributed by atoms with Crippen molar-refractivity contribution in [2.24, 2.45) is 5.92 Å². The van der Waals surface area contributed by atoms with Crippen LogP contribution in [0.2, 0.25) is 0 Å². The topological polar surface area (TPSA) is 91.6 Å². The fourth-order valence-electron chi connectivity index (χ4n) is 4.27. The predicted molar refractivity (Wildman–Crippen MR) is 125 cm³/mol. The minimum absolute atomic E-state index is 0.0187. The van der Waals surface area contributed by atoms with Gasteiger partial charge in [0.05, 0.1) is 5.69 Å². The number of carbonyl (C=O) groups excluding carboxylic acids is 1. The fourth-order valence-corrected chi connectivity index (χ4v) is 4.27. The number of benzene rings is 1. The van der Waals surface area contributed by atoms with E-state index in [0.717, 1.165) is 35.4 Å². The summed E-state index contributed by atoms with van der Waals surface area (Å²) in [6, 6.07) is 12.0. The van der Waals surface area contributed by atoms with Crippen LogP contribution >= 0.6 is 0 Å². The van der Waals surface area contributed by atoms with E-state index < -0.39 is 6.09 Å². The summed E-state index contributed by atoms with van der Waals surface area (Å²) in [5, 5.41) is 13.8. The number of halogens is 1. The smallest absolute Gasteiger partial charge is 0.407 e. The van der Waals surface area contributed by atoms with Crippen LogP contribution in [0.5, 0.6) is 0 Å². The lowest BCUT2D eigenvalue weighted by Crippen LogP contribution is -2.43. The van der Waals surface area contributed by atoms with Gasteiger partial charge in [-0.1, -0.05) is 12.1 Å². The first-order valence-corrected chi connectivity index (χ1v) is 11.3. The maximum atomic E-state index is 13.3. The average Bonchev–Trinajstić information content (AvgIpc) is 3.23. The van der Waals surface area contributed by atoms with Crippen LogP contribution in [0.15, 0.2) is 54.9 Å². The van der Waals surface area contributed by atoms with Gasteiger partial charge >= 0.3 is 6.09 Å². The second-order valence-corrected chi connectivity index (χ2v) is 8.70. The van der Waals surface area contributed by atoms with E-state index in [-0.39, 0.29) is 24.2 Å². The number of likely N-dealkylation sites (tertiary alicyclic amines) is 1. The Labute approximate surface area is 197 Å².